The van der Waals surface area contributed by atoms with Gasteiger partial charge in [-0.1, -0.05) is 0 Å². The molecule has 2 rings (SSSR count). The van der Waals surface area contributed by atoms with Crippen molar-refractivity contribution >= 4 is 40.2 Å². The summed E-state index contributed by atoms with van der Waals surface area (Å²) in [4.78, 5) is 7.70. The SMILES string of the molecule is Nc1nc(N)c2c(n1)N=N[C@@H]2I. The number of alkyl halides is 1. The summed E-state index contributed by atoms with van der Waals surface area (Å²) < 4.78 is -0.0850. The zero-order chi connectivity index (χ0) is 8.72. The number of nitrogen functional groups attached to an aromatic ring is 2. The number of anilines is 2. The van der Waals surface area contributed by atoms with Crippen molar-refractivity contribution in [1.29, 1.82) is 0 Å². The second kappa shape index (κ2) is 2.51. The molecule has 0 amide bonds. The number of rotatable bonds is 0. The van der Waals surface area contributed by atoms with Crippen LogP contribution in [0, 0.1) is 0 Å². The van der Waals surface area contributed by atoms with Gasteiger partial charge < -0.3 is 11.5 Å². The molecule has 1 aromatic rings. The molecule has 12 heavy (non-hydrogen) atoms. The van der Waals surface area contributed by atoms with E-state index in [1.54, 1.807) is 0 Å². The van der Waals surface area contributed by atoms with Gasteiger partial charge in [0.05, 0.1) is 5.56 Å². The highest BCUT2D eigenvalue weighted by molar-refractivity contribution is 14.1. The third-order valence-corrected chi connectivity index (χ3v) is 2.34. The van der Waals surface area contributed by atoms with Gasteiger partial charge in [0.2, 0.25) is 5.95 Å². The Hall–Kier alpha value is -0.990. The minimum absolute atomic E-state index is 0.0850. The average molecular weight is 276 g/mol. The molecule has 0 unspecified atom stereocenters. The van der Waals surface area contributed by atoms with Gasteiger partial charge in [-0.15, -0.1) is 5.11 Å². The van der Waals surface area contributed by atoms with E-state index < -0.39 is 0 Å². The Morgan fingerprint density at radius 3 is 2.75 bits per heavy atom. The molecule has 0 saturated heterocycles. The molecule has 0 spiro atoms. The van der Waals surface area contributed by atoms with Crippen molar-refractivity contribution in [3.63, 3.8) is 0 Å². The lowest BCUT2D eigenvalue weighted by molar-refractivity contribution is 1.04. The lowest BCUT2D eigenvalue weighted by Gasteiger charge is -2.02. The fourth-order valence-electron chi connectivity index (χ4n) is 0.960. The number of azo groups is 1. The van der Waals surface area contributed by atoms with Crippen molar-refractivity contribution in [2.75, 3.05) is 11.5 Å². The Labute approximate surface area is 81.6 Å². The second-order valence-electron chi connectivity index (χ2n) is 2.26. The zero-order valence-corrected chi connectivity index (χ0v) is 8.06. The Bertz CT molecular complexity index is 361. The molecule has 1 aromatic heterocycles. The van der Waals surface area contributed by atoms with Gasteiger partial charge in [0.25, 0.3) is 0 Å². The zero-order valence-electron chi connectivity index (χ0n) is 5.90. The van der Waals surface area contributed by atoms with E-state index in [0.29, 0.717) is 11.6 Å². The first kappa shape index (κ1) is 7.65. The summed E-state index contributed by atoms with van der Waals surface area (Å²) in [6.45, 7) is 0. The summed E-state index contributed by atoms with van der Waals surface area (Å²) in [6.07, 6.45) is 0. The van der Waals surface area contributed by atoms with Crippen LogP contribution in [0.25, 0.3) is 0 Å². The summed E-state index contributed by atoms with van der Waals surface area (Å²) in [6, 6.07) is 0. The average Bonchev–Trinajstić information content (AvgIpc) is 2.31. The first-order chi connectivity index (χ1) is 5.68. The Kier molecular flexibility index (Phi) is 1.60. The van der Waals surface area contributed by atoms with Crippen LogP contribution in [-0.4, -0.2) is 9.97 Å². The van der Waals surface area contributed by atoms with Crippen molar-refractivity contribution in [2.24, 2.45) is 10.2 Å². The van der Waals surface area contributed by atoms with Crippen molar-refractivity contribution in [2.45, 2.75) is 4.05 Å². The monoisotopic (exact) mass is 276 g/mol. The van der Waals surface area contributed by atoms with Crippen molar-refractivity contribution in [1.82, 2.24) is 9.97 Å². The summed E-state index contributed by atoms with van der Waals surface area (Å²) in [7, 11) is 0. The lowest BCUT2D eigenvalue weighted by atomic mass is 10.3. The smallest absolute Gasteiger partial charge is 0.224 e. The van der Waals surface area contributed by atoms with Crippen LogP contribution in [0.15, 0.2) is 10.2 Å². The quantitative estimate of drug-likeness (QED) is 0.421. The van der Waals surface area contributed by atoms with Gasteiger partial charge in [0, 0.05) is 0 Å². The number of halogens is 1. The Morgan fingerprint density at radius 2 is 2.00 bits per heavy atom. The third-order valence-electron chi connectivity index (χ3n) is 1.46. The van der Waals surface area contributed by atoms with Crippen LogP contribution in [-0.2, 0) is 0 Å². The molecule has 2 heterocycles. The fraction of sp³-hybridized carbons (Fsp3) is 0.200. The minimum Gasteiger partial charge on any atom is -0.383 e. The summed E-state index contributed by atoms with van der Waals surface area (Å²) in [5.74, 6) is 0.983. The number of fused-ring (bicyclic) bond motifs is 1. The van der Waals surface area contributed by atoms with Gasteiger partial charge in [-0.2, -0.15) is 15.1 Å². The number of hydrogen-bond donors (Lipinski definition) is 2. The molecular formula is C5H5IN6. The van der Waals surface area contributed by atoms with Crippen LogP contribution in [0.2, 0.25) is 0 Å². The van der Waals surface area contributed by atoms with Gasteiger partial charge in [-0.05, 0) is 22.6 Å². The summed E-state index contributed by atoms with van der Waals surface area (Å²) in [5, 5.41) is 7.69. The molecule has 0 fully saturated rings. The lowest BCUT2D eigenvalue weighted by Crippen LogP contribution is -2.02. The molecule has 1 aliphatic rings. The highest BCUT2D eigenvalue weighted by atomic mass is 127. The van der Waals surface area contributed by atoms with Crippen LogP contribution in [0.1, 0.15) is 9.61 Å². The van der Waals surface area contributed by atoms with Gasteiger partial charge >= 0.3 is 0 Å². The minimum atomic E-state index is -0.0850. The molecule has 7 heteroatoms. The molecular weight excluding hydrogens is 271 g/mol. The third kappa shape index (κ3) is 1.00. The number of hydrogen-bond acceptors (Lipinski definition) is 6. The van der Waals surface area contributed by atoms with Crippen LogP contribution in [0.5, 0.6) is 0 Å². The molecule has 1 aliphatic heterocycles. The molecule has 1 atom stereocenters. The highest BCUT2D eigenvalue weighted by Crippen LogP contribution is 2.41. The van der Waals surface area contributed by atoms with Gasteiger partial charge in [-0.3, -0.25) is 0 Å². The maximum Gasteiger partial charge on any atom is 0.224 e. The maximum absolute atomic E-state index is 5.61. The fourth-order valence-corrected chi connectivity index (χ4v) is 1.68. The number of aromatic nitrogens is 2. The molecule has 4 N–H and O–H groups in total. The predicted octanol–water partition coefficient (Wildman–Crippen LogP) is 1.17. The van der Waals surface area contributed by atoms with Gasteiger partial charge in [0.1, 0.15) is 5.82 Å². The van der Waals surface area contributed by atoms with E-state index in [4.69, 9.17) is 11.5 Å². The van der Waals surface area contributed by atoms with Crippen LogP contribution >= 0.6 is 22.6 Å². The van der Waals surface area contributed by atoms with Crippen molar-refractivity contribution in [3.05, 3.63) is 5.56 Å². The second-order valence-corrected chi connectivity index (χ2v) is 3.44. The van der Waals surface area contributed by atoms with E-state index in [2.05, 4.69) is 42.8 Å². The van der Waals surface area contributed by atoms with E-state index in [9.17, 15) is 0 Å². The van der Waals surface area contributed by atoms with E-state index in [1.807, 2.05) is 0 Å². The molecule has 0 aromatic carbocycles. The first-order valence-electron chi connectivity index (χ1n) is 3.16. The largest absolute Gasteiger partial charge is 0.383 e. The van der Waals surface area contributed by atoms with Crippen LogP contribution < -0.4 is 11.5 Å². The maximum atomic E-state index is 5.61. The van der Waals surface area contributed by atoms with E-state index in [-0.39, 0.29) is 10.00 Å². The normalized spacial score (nSPS) is 19.6. The summed E-state index contributed by atoms with van der Waals surface area (Å²) >= 11 is 2.10. The van der Waals surface area contributed by atoms with Crippen LogP contribution in [0.3, 0.4) is 0 Å². The van der Waals surface area contributed by atoms with Crippen LogP contribution in [0.4, 0.5) is 17.6 Å². The first-order valence-corrected chi connectivity index (χ1v) is 4.41. The molecule has 0 bridgehead atoms. The van der Waals surface area contributed by atoms with Crippen molar-refractivity contribution in [3.8, 4) is 0 Å². The van der Waals surface area contributed by atoms with E-state index >= 15 is 0 Å². The Balaban J connectivity index is 2.66. The molecule has 0 aliphatic carbocycles. The molecule has 0 saturated carbocycles. The molecule has 62 valence electrons. The number of nitrogens with zero attached hydrogens (tertiary/aromatic N) is 4. The van der Waals surface area contributed by atoms with E-state index in [1.165, 1.54) is 0 Å². The Morgan fingerprint density at radius 1 is 1.25 bits per heavy atom. The standard InChI is InChI=1S/C5H5IN6/c6-2-1-3(7)9-5(8)10-4(1)12-11-2/h2H,(H4,7,8,9,10)/t2-/m0/s1. The highest BCUT2D eigenvalue weighted by Gasteiger charge is 2.23. The predicted molar refractivity (Wildman–Crippen MR) is 52.1 cm³/mol. The van der Waals surface area contributed by atoms with Crippen molar-refractivity contribution < 1.29 is 0 Å². The number of nitrogens with two attached hydrogens (primary N) is 2. The molecule has 6 nitrogen and oxygen atoms in total. The van der Waals surface area contributed by atoms with Gasteiger partial charge in [0.15, 0.2) is 9.87 Å². The molecule has 0 radical (unpaired) electrons. The summed E-state index contributed by atoms with van der Waals surface area (Å²) in [5.41, 5.74) is 11.7. The topological polar surface area (TPSA) is 103 Å². The van der Waals surface area contributed by atoms with E-state index in [0.717, 1.165) is 5.56 Å². The van der Waals surface area contributed by atoms with Gasteiger partial charge in [-0.25, -0.2) is 0 Å².